The molecular weight excluding hydrogens is 274 g/mol. The number of nitrogens with one attached hydrogen (secondary N) is 1. The number of rotatable bonds is 7. The number of hydrogen-bond donors (Lipinski definition) is 1. The van der Waals surface area contributed by atoms with E-state index in [9.17, 15) is 4.79 Å². The van der Waals surface area contributed by atoms with Crippen LogP contribution in [0.5, 0.6) is 0 Å². The standard InChI is InChI=1S/C18H25N3O/c1-14(2)17-8-6-15(7-9-17)5-4-10-19-18(22)11-16-12-20-21(3)13-16/h6-9,12-14H,4-5,10-11H2,1-3H3,(H,19,22). The van der Waals surface area contributed by atoms with Crippen LogP contribution in [0.15, 0.2) is 36.7 Å². The predicted octanol–water partition coefficient (Wildman–Crippen LogP) is 2.84. The number of amides is 1. The van der Waals surface area contributed by atoms with Gasteiger partial charge in [0, 0.05) is 19.8 Å². The molecule has 0 fully saturated rings. The minimum atomic E-state index is 0.0585. The molecule has 0 spiro atoms. The van der Waals surface area contributed by atoms with Gasteiger partial charge in [-0.15, -0.1) is 0 Å². The molecule has 1 aromatic carbocycles. The Balaban J connectivity index is 1.67. The summed E-state index contributed by atoms with van der Waals surface area (Å²) in [6.07, 6.45) is 5.95. The molecule has 0 atom stereocenters. The van der Waals surface area contributed by atoms with E-state index in [0.717, 1.165) is 18.4 Å². The molecule has 0 saturated carbocycles. The number of carbonyl (C=O) groups is 1. The summed E-state index contributed by atoms with van der Waals surface area (Å²) in [5.74, 6) is 0.629. The van der Waals surface area contributed by atoms with E-state index >= 15 is 0 Å². The normalized spacial score (nSPS) is 10.9. The summed E-state index contributed by atoms with van der Waals surface area (Å²) in [5.41, 5.74) is 3.64. The molecular formula is C18H25N3O. The van der Waals surface area contributed by atoms with Gasteiger partial charge in [0.2, 0.25) is 5.91 Å². The quantitative estimate of drug-likeness (QED) is 0.799. The Morgan fingerprint density at radius 1 is 1.23 bits per heavy atom. The Morgan fingerprint density at radius 3 is 2.55 bits per heavy atom. The molecule has 0 aliphatic heterocycles. The molecule has 118 valence electrons. The van der Waals surface area contributed by atoms with Gasteiger partial charge >= 0.3 is 0 Å². The summed E-state index contributed by atoms with van der Waals surface area (Å²) < 4.78 is 1.71. The lowest BCUT2D eigenvalue weighted by Crippen LogP contribution is -2.26. The molecule has 2 aromatic rings. The highest BCUT2D eigenvalue weighted by atomic mass is 16.1. The summed E-state index contributed by atoms with van der Waals surface area (Å²) in [4.78, 5) is 11.8. The van der Waals surface area contributed by atoms with E-state index in [2.05, 4.69) is 48.5 Å². The average Bonchev–Trinajstić information content (AvgIpc) is 2.89. The van der Waals surface area contributed by atoms with Crippen LogP contribution in [-0.4, -0.2) is 22.2 Å². The third-order valence-electron chi connectivity index (χ3n) is 3.73. The van der Waals surface area contributed by atoms with E-state index in [4.69, 9.17) is 0 Å². The molecule has 1 heterocycles. The molecule has 0 unspecified atom stereocenters. The average molecular weight is 299 g/mol. The number of hydrogen-bond acceptors (Lipinski definition) is 2. The van der Waals surface area contributed by atoms with Gasteiger partial charge in [-0.2, -0.15) is 5.10 Å². The molecule has 1 aromatic heterocycles. The van der Waals surface area contributed by atoms with Crippen molar-refractivity contribution in [3.8, 4) is 0 Å². The molecule has 0 radical (unpaired) electrons. The van der Waals surface area contributed by atoms with Crippen LogP contribution in [0.4, 0.5) is 0 Å². The van der Waals surface area contributed by atoms with E-state index in [1.165, 1.54) is 11.1 Å². The fourth-order valence-corrected chi connectivity index (χ4v) is 2.40. The number of carbonyl (C=O) groups excluding carboxylic acids is 1. The van der Waals surface area contributed by atoms with Gasteiger partial charge in [-0.25, -0.2) is 0 Å². The lowest BCUT2D eigenvalue weighted by Gasteiger charge is -2.07. The number of aromatic nitrogens is 2. The summed E-state index contributed by atoms with van der Waals surface area (Å²) in [6, 6.07) is 8.77. The fourth-order valence-electron chi connectivity index (χ4n) is 2.40. The van der Waals surface area contributed by atoms with Crippen LogP contribution in [0.3, 0.4) is 0 Å². The van der Waals surface area contributed by atoms with E-state index in [0.29, 0.717) is 18.9 Å². The minimum absolute atomic E-state index is 0.0585. The second-order valence-electron chi connectivity index (χ2n) is 6.05. The molecule has 22 heavy (non-hydrogen) atoms. The third kappa shape index (κ3) is 5.02. The van der Waals surface area contributed by atoms with Gasteiger partial charge < -0.3 is 5.32 Å². The Labute approximate surface area is 132 Å². The number of aryl methyl sites for hydroxylation is 2. The second kappa shape index (κ2) is 7.78. The lowest BCUT2D eigenvalue weighted by atomic mass is 10.0. The van der Waals surface area contributed by atoms with E-state index in [1.807, 2.05) is 13.2 Å². The van der Waals surface area contributed by atoms with Crippen molar-refractivity contribution in [2.75, 3.05) is 6.54 Å². The number of nitrogens with zero attached hydrogens (tertiary/aromatic N) is 2. The zero-order valence-corrected chi connectivity index (χ0v) is 13.7. The topological polar surface area (TPSA) is 46.9 Å². The van der Waals surface area contributed by atoms with Crippen molar-refractivity contribution in [3.63, 3.8) is 0 Å². The highest BCUT2D eigenvalue weighted by Crippen LogP contribution is 2.15. The molecule has 4 nitrogen and oxygen atoms in total. The van der Waals surface area contributed by atoms with E-state index in [1.54, 1.807) is 10.9 Å². The zero-order valence-electron chi connectivity index (χ0n) is 13.7. The van der Waals surface area contributed by atoms with Crippen molar-refractivity contribution in [1.29, 1.82) is 0 Å². The van der Waals surface area contributed by atoms with Gasteiger partial charge in [0.05, 0.1) is 12.6 Å². The monoisotopic (exact) mass is 299 g/mol. The smallest absolute Gasteiger partial charge is 0.224 e. The third-order valence-corrected chi connectivity index (χ3v) is 3.73. The maximum absolute atomic E-state index is 11.8. The molecule has 1 N–H and O–H groups in total. The first-order valence-electron chi connectivity index (χ1n) is 7.87. The Kier molecular flexibility index (Phi) is 5.75. The van der Waals surface area contributed by atoms with Gasteiger partial charge in [-0.05, 0) is 35.4 Å². The molecule has 1 amide bonds. The second-order valence-corrected chi connectivity index (χ2v) is 6.05. The van der Waals surface area contributed by atoms with Crippen molar-refractivity contribution >= 4 is 5.91 Å². The summed E-state index contributed by atoms with van der Waals surface area (Å²) in [7, 11) is 1.85. The molecule has 4 heteroatoms. The van der Waals surface area contributed by atoms with Crippen molar-refractivity contribution in [2.24, 2.45) is 7.05 Å². The van der Waals surface area contributed by atoms with Crippen LogP contribution >= 0.6 is 0 Å². The SMILES string of the molecule is CC(C)c1ccc(CCCNC(=O)Cc2cnn(C)c2)cc1. The molecule has 0 aliphatic carbocycles. The summed E-state index contributed by atoms with van der Waals surface area (Å²) >= 11 is 0. The first-order chi connectivity index (χ1) is 10.5. The minimum Gasteiger partial charge on any atom is -0.356 e. The molecule has 2 rings (SSSR count). The summed E-state index contributed by atoms with van der Waals surface area (Å²) in [5, 5.41) is 7.03. The first kappa shape index (κ1) is 16.3. The predicted molar refractivity (Wildman–Crippen MR) is 88.8 cm³/mol. The van der Waals surface area contributed by atoms with Crippen molar-refractivity contribution < 1.29 is 4.79 Å². The van der Waals surface area contributed by atoms with Crippen LogP contribution in [0.2, 0.25) is 0 Å². The largest absolute Gasteiger partial charge is 0.356 e. The van der Waals surface area contributed by atoms with Crippen LogP contribution in [0.25, 0.3) is 0 Å². The molecule has 0 saturated heterocycles. The summed E-state index contributed by atoms with van der Waals surface area (Å²) in [6.45, 7) is 5.12. The van der Waals surface area contributed by atoms with Crippen LogP contribution in [0.1, 0.15) is 42.9 Å². The van der Waals surface area contributed by atoms with Gasteiger partial charge in [0.25, 0.3) is 0 Å². The van der Waals surface area contributed by atoms with E-state index < -0.39 is 0 Å². The Hall–Kier alpha value is -2.10. The van der Waals surface area contributed by atoms with Crippen LogP contribution in [-0.2, 0) is 24.7 Å². The van der Waals surface area contributed by atoms with Crippen molar-refractivity contribution in [2.45, 2.75) is 39.0 Å². The van der Waals surface area contributed by atoms with Gasteiger partial charge in [-0.1, -0.05) is 38.1 Å². The van der Waals surface area contributed by atoms with Crippen molar-refractivity contribution in [1.82, 2.24) is 15.1 Å². The fraction of sp³-hybridized carbons (Fsp3) is 0.444. The Morgan fingerprint density at radius 2 is 1.95 bits per heavy atom. The van der Waals surface area contributed by atoms with Gasteiger partial charge in [-0.3, -0.25) is 9.48 Å². The van der Waals surface area contributed by atoms with Crippen molar-refractivity contribution in [3.05, 3.63) is 53.3 Å². The van der Waals surface area contributed by atoms with Gasteiger partial charge in [0.15, 0.2) is 0 Å². The van der Waals surface area contributed by atoms with Gasteiger partial charge in [0.1, 0.15) is 0 Å². The highest BCUT2D eigenvalue weighted by Gasteiger charge is 2.04. The first-order valence-corrected chi connectivity index (χ1v) is 7.87. The zero-order chi connectivity index (χ0) is 15.9. The van der Waals surface area contributed by atoms with Crippen LogP contribution in [0, 0.1) is 0 Å². The van der Waals surface area contributed by atoms with E-state index in [-0.39, 0.29) is 5.91 Å². The lowest BCUT2D eigenvalue weighted by molar-refractivity contribution is -0.120. The maximum Gasteiger partial charge on any atom is 0.224 e. The Bertz CT molecular complexity index is 599. The van der Waals surface area contributed by atoms with Crippen LogP contribution < -0.4 is 5.32 Å². The highest BCUT2D eigenvalue weighted by molar-refractivity contribution is 5.78. The number of benzene rings is 1. The molecule has 0 bridgehead atoms. The molecule has 0 aliphatic rings. The maximum atomic E-state index is 11.8.